The van der Waals surface area contributed by atoms with Gasteiger partial charge >= 0.3 is 0 Å². The lowest BCUT2D eigenvalue weighted by atomic mass is 10.2. The van der Waals surface area contributed by atoms with Gasteiger partial charge in [0, 0.05) is 0 Å². The minimum Gasteiger partial charge on any atom is -0.343 e. The second-order valence-corrected chi connectivity index (χ2v) is 5.06. The quantitative estimate of drug-likeness (QED) is 0.288. The summed E-state index contributed by atoms with van der Waals surface area (Å²) >= 11 is 0. The van der Waals surface area contributed by atoms with Gasteiger partial charge in [-0.2, -0.15) is 8.42 Å². The van der Waals surface area contributed by atoms with Crippen LogP contribution in [0.15, 0.2) is 12.2 Å². The molecule has 1 unspecified atom stereocenters. The molecule has 0 aromatic rings. The van der Waals surface area contributed by atoms with Crippen LogP contribution in [0.25, 0.3) is 0 Å². The van der Waals surface area contributed by atoms with Crippen LogP contribution in [0.4, 0.5) is 0 Å². The van der Waals surface area contributed by atoms with Gasteiger partial charge in [0.25, 0.3) is 10.1 Å². The first-order valence-electron chi connectivity index (χ1n) is 5.12. The molecule has 0 rings (SSSR count). The molecular weight excluding hydrogens is 246 g/mol. The Kier molecular flexibility index (Phi) is 7.40. The molecule has 0 aliphatic rings. The summed E-state index contributed by atoms with van der Waals surface area (Å²) in [4.78, 5) is 21.8. The van der Waals surface area contributed by atoms with Crippen LogP contribution in [0.1, 0.15) is 19.8 Å². The summed E-state index contributed by atoms with van der Waals surface area (Å²) in [6.45, 7) is 1.69. The van der Waals surface area contributed by atoms with E-state index in [0.717, 1.165) is 6.26 Å². The highest BCUT2D eigenvalue weighted by molar-refractivity contribution is 7.85. The average Bonchev–Trinajstić information content (AvgIpc) is 2.21. The van der Waals surface area contributed by atoms with Gasteiger partial charge in [0.15, 0.2) is 0 Å². The van der Waals surface area contributed by atoms with Gasteiger partial charge < -0.3 is 10.1 Å². The molecule has 0 bridgehead atoms. The maximum atomic E-state index is 11.1. The maximum absolute atomic E-state index is 11.1. The number of rotatable bonds is 8. The first-order valence-corrected chi connectivity index (χ1v) is 6.93. The second kappa shape index (κ2) is 7.97. The van der Waals surface area contributed by atoms with E-state index >= 15 is 0 Å². The summed E-state index contributed by atoms with van der Waals surface area (Å²) in [7, 11) is -3.45. The highest BCUT2D eigenvalue weighted by atomic mass is 32.2. The van der Waals surface area contributed by atoms with E-state index in [2.05, 4.69) is 9.50 Å². The molecule has 0 aliphatic carbocycles. The normalized spacial score (nSPS) is 13.5. The lowest BCUT2D eigenvalue weighted by Crippen LogP contribution is -2.35. The number of carbonyl (C=O) groups is 2. The molecule has 0 heterocycles. The fourth-order valence-electron chi connectivity index (χ4n) is 1.07. The van der Waals surface area contributed by atoms with Gasteiger partial charge in [0.1, 0.15) is 6.29 Å². The molecule has 1 amide bonds. The molecule has 1 atom stereocenters. The number of aldehydes is 1. The first kappa shape index (κ1) is 15.8. The molecule has 1 N–H and O–H groups in total. The van der Waals surface area contributed by atoms with E-state index in [0.29, 0.717) is 19.1 Å². The Hall–Kier alpha value is -1.21. The SMILES string of the molecule is C/C=C/C(=O)NC(C=O)CCCOS(C)(=O)=O. The zero-order chi connectivity index (χ0) is 13.3. The van der Waals surface area contributed by atoms with Crippen molar-refractivity contribution in [3.8, 4) is 0 Å². The maximum Gasteiger partial charge on any atom is 0.264 e. The first-order chi connectivity index (χ1) is 7.89. The molecule has 0 fully saturated rings. The van der Waals surface area contributed by atoms with Crippen molar-refractivity contribution in [3.05, 3.63) is 12.2 Å². The van der Waals surface area contributed by atoms with Gasteiger partial charge in [-0.05, 0) is 25.8 Å². The van der Waals surface area contributed by atoms with E-state index in [1.165, 1.54) is 6.08 Å². The Morgan fingerprint density at radius 1 is 1.47 bits per heavy atom. The number of carbonyl (C=O) groups excluding carboxylic acids is 2. The Morgan fingerprint density at radius 3 is 2.59 bits per heavy atom. The zero-order valence-corrected chi connectivity index (χ0v) is 10.7. The third kappa shape index (κ3) is 9.70. The largest absolute Gasteiger partial charge is 0.343 e. The van der Waals surface area contributed by atoms with Crippen molar-refractivity contribution in [2.45, 2.75) is 25.8 Å². The number of allylic oxidation sites excluding steroid dienone is 1. The highest BCUT2D eigenvalue weighted by Crippen LogP contribution is 1.98. The fraction of sp³-hybridized carbons (Fsp3) is 0.600. The predicted octanol–water partition coefficient (Wildman–Crippen LogP) is 0.00260. The standard InChI is InChI=1S/C10H17NO5S/c1-3-5-10(13)11-9(8-12)6-4-7-16-17(2,14)15/h3,5,8-9H,4,6-7H2,1-2H3,(H,11,13)/b5-3+. The predicted molar refractivity (Wildman–Crippen MR) is 62.8 cm³/mol. The van der Waals surface area contributed by atoms with Crippen molar-refractivity contribution in [2.24, 2.45) is 0 Å². The van der Waals surface area contributed by atoms with Crippen molar-refractivity contribution in [2.75, 3.05) is 12.9 Å². The zero-order valence-electron chi connectivity index (χ0n) is 9.88. The fourth-order valence-corrected chi connectivity index (χ4v) is 1.49. The summed E-state index contributed by atoms with van der Waals surface area (Å²) in [5.74, 6) is -0.353. The number of hydrogen-bond acceptors (Lipinski definition) is 5. The molecule has 0 aromatic carbocycles. The molecule has 7 heteroatoms. The summed E-state index contributed by atoms with van der Waals surface area (Å²) in [6, 6.07) is -0.623. The van der Waals surface area contributed by atoms with Crippen LogP contribution in [-0.4, -0.2) is 39.5 Å². The number of hydrogen-bond donors (Lipinski definition) is 1. The minimum atomic E-state index is -3.45. The second-order valence-electron chi connectivity index (χ2n) is 3.42. The molecule has 0 radical (unpaired) electrons. The third-order valence-electron chi connectivity index (χ3n) is 1.77. The van der Waals surface area contributed by atoms with Gasteiger partial charge in [0.2, 0.25) is 5.91 Å². The minimum absolute atomic E-state index is 0.00264. The van der Waals surface area contributed by atoms with Gasteiger partial charge in [-0.3, -0.25) is 8.98 Å². The smallest absolute Gasteiger partial charge is 0.264 e. The highest BCUT2D eigenvalue weighted by Gasteiger charge is 2.09. The molecule has 0 saturated heterocycles. The Morgan fingerprint density at radius 2 is 2.12 bits per heavy atom. The van der Waals surface area contributed by atoms with E-state index in [9.17, 15) is 18.0 Å². The van der Waals surface area contributed by atoms with Crippen molar-refractivity contribution in [1.29, 1.82) is 0 Å². The monoisotopic (exact) mass is 263 g/mol. The third-order valence-corrected chi connectivity index (χ3v) is 2.36. The summed E-state index contributed by atoms with van der Waals surface area (Å²) < 4.78 is 25.8. The lowest BCUT2D eigenvalue weighted by Gasteiger charge is -2.10. The van der Waals surface area contributed by atoms with Crippen LogP contribution in [0.5, 0.6) is 0 Å². The van der Waals surface area contributed by atoms with E-state index in [1.807, 2.05) is 0 Å². The van der Waals surface area contributed by atoms with Crippen LogP contribution in [-0.2, 0) is 23.9 Å². The molecule has 0 saturated carbocycles. The number of amides is 1. The molecule has 17 heavy (non-hydrogen) atoms. The topological polar surface area (TPSA) is 89.5 Å². The van der Waals surface area contributed by atoms with Crippen molar-refractivity contribution in [1.82, 2.24) is 5.32 Å². The van der Waals surface area contributed by atoms with E-state index in [4.69, 9.17) is 0 Å². The van der Waals surface area contributed by atoms with Gasteiger partial charge in [-0.15, -0.1) is 0 Å². The van der Waals surface area contributed by atoms with Crippen molar-refractivity contribution >= 4 is 22.3 Å². The van der Waals surface area contributed by atoms with Crippen molar-refractivity contribution in [3.63, 3.8) is 0 Å². The van der Waals surface area contributed by atoms with Crippen LogP contribution in [0, 0.1) is 0 Å². The molecule has 0 spiro atoms. The average molecular weight is 263 g/mol. The van der Waals surface area contributed by atoms with Gasteiger partial charge in [-0.1, -0.05) is 6.08 Å². The molecule has 0 aromatic heterocycles. The molecule has 6 nitrogen and oxygen atoms in total. The van der Waals surface area contributed by atoms with Gasteiger partial charge in [-0.25, -0.2) is 0 Å². The van der Waals surface area contributed by atoms with E-state index in [-0.39, 0.29) is 12.5 Å². The summed E-state index contributed by atoms with van der Waals surface area (Å²) in [5.41, 5.74) is 0. The Bertz CT molecular complexity index is 374. The Balaban J connectivity index is 3.91. The van der Waals surface area contributed by atoms with E-state index < -0.39 is 16.2 Å². The van der Waals surface area contributed by atoms with Gasteiger partial charge in [0.05, 0.1) is 18.9 Å². The molecule has 0 aliphatic heterocycles. The summed E-state index contributed by atoms with van der Waals surface area (Å²) in [6.07, 6.45) is 5.14. The molecule has 98 valence electrons. The molecular formula is C10H17NO5S. The summed E-state index contributed by atoms with van der Waals surface area (Å²) in [5, 5.41) is 2.47. The van der Waals surface area contributed by atoms with Crippen LogP contribution in [0.3, 0.4) is 0 Å². The number of nitrogens with one attached hydrogen (secondary N) is 1. The van der Waals surface area contributed by atoms with Crippen molar-refractivity contribution < 1.29 is 22.2 Å². The Labute approximate surface area is 101 Å². The van der Waals surface area contributed by atoms with E-state index in [1.54, 1.807) is 13.0 Å². The van der Waals surface area contributed by atoms with Crippen LogP contribution >= 0.6 is 0 Å². The van der Waals surface area contributed by atoms with Crippen LogP contribution in [0.2, 0.25) is 0 Å². The lowest BCUT2D eigenvalue weighted by molar-refractivity contribution is -0.120. The van der Waals surface area contributed by atoms with Crippen LogP contribution < -0.4 is 5.32 Å².